The predicted molar refractivity (Wildman–Crippen MR) is 104 cm³/mol. The predicted octanol–water partition coefficient (Wildman–Crippen LogP) is 1.81. The van der Waals surface area contributed by atoms with Crippen LogP contribution in [0.25, 0.3) is 0 Å². The van der Waals surface area contributed by atoms with Crippen molar-refractivity contribution in [2.75, 3.05) is 19.7 Å². The van der Waals surface area contributed by atoms with Crippen LogP contribution in [-0.2, 0) is 10.0 Å². The van der Waals surface area contributed by atoms with Crippen LogP contribution < -0.4 is 14.8 Å². The molecule has 8 nitrogen and oxygen atoms in total. The van der Waals surface area contributed by atoms with E-state index >= 15 is 0 Å². The molecule has 0 spiro atoms. The monoisotopic (exact) mass is 416 g/mol. The Bertz CT molecular complexity index is 1080. The van der Waals surface area contributed by atoms with Gasteiger partial charge < -0.3 is 9.47 Å². The van der Waals surface area contributed by atoms with Crippen molar-refractivity contribution >= 4 is 21.8 Å². The molecule has 0 radical (unpaired) electrons. The van der Waals surface area contributed by atoms with Gasteiger partial charge in [-0.05, 0) is 36.8 Å². The molecule has 2 aliphatic heterocycles. The van der Waals surface area contributed by atoms with Crippen molar-refractivity contribution in [2.24, 2.45) is 0 Å². The van der Waals surface area contributed by atoms with Crippen molar-refractivity contribution in [3.8, 4) is 11.5 Å². The number of sulfonamides is 1. The second-order valence-corrected chi connectivity index (χ2v) is 8.79. The highest BCUT2D eigenvalue weighted by Crippen LogP contribution is 2.31. The van der Waals surface area contributed by atoms with Crippen LogP contribution in [0, 0.1) is 0 Å². The van der Waals surface area contributed by atoms with E-state index in [1.807, 2.05) is 19.1 Å². The summed E-state index contributed by atoms with van der Waals surface area (Å²) in [6.45, 7) is 2.50. The molecule has 0 saturated heterocycles. The van der Waals surface area contributed by atoms with Crippen molar-refractivity contribution < 1.29 is 27.5 Å². The van der Waals surface area contributed by atoms with Gasteiger partial charge in [0.2, 0.25) is 10.0 Å². The Labute approximate surface area is 168 Å². The Morgan fingerprint density at radius 3 is 2.55 bits per heavy atom. The Kier molecular flexibility index (Phi) is 5.01. The van der Waals surface area contributed by atoms with E-state index in [4.69, 9.17) is 9.47 Å². The summed E-state index contributed by atoms with van der Waals surface area (Å²) < 4.78 is 39.4. The van der Waals surface area contributed by atoms with Crippen LogP contribution in [0.3, 0.4) is 0 Å². The van der Waals surface area contributed by atoms with E-state index in [1.165, 1.54) is 22.5 Å². The number of hydrogen-bond donors (Lipinski definition) is 1. The fourth-order valence-electron chi connectivity index (χ4n) is 3.40. The number of nitrogens with zero attached hydrogens (tertiary/aromatic N) is 1. The van der Waals surface area contributed by atoms with Gasteiger partial charge in [0.15, 0.2) is 11.5 Å². The number of imide groups is 1. The third-order valence-electron chi connectivity index (χ3n) is 4.79. The van der Waals surface area contributed by atoms with Crippen molar-refractivity contribution in [1.82, 2.24) is 9.62 Å². The van der Waals surface area contributed by atoms with Crippen molar-refractivity contribution in [3.05, 3.63) is 53.6 Å². The summed E-state index contributed by atoms with van der Waals surface area (Å²) in [5, 5.41) is 2.17. The van der Waals surface area contributed by atoms with E-state index in [0.717, 1.165) is 0 Å². The molecule has 1 atom stereocenters. The number of rotatable bonds is 6. The van der Waals surface area contributed by atoms with E-state index in [-0.39, 0.29) is 35.7 Å². The number of nitrogens with one attached hydrogen (secondary N) is 1. The fourth-order valence-corrected chi connectivity index (χ4v) is 4.99. The van der Waals surface area contributed by atoms with E-state index < -0.39 is 27.9 Å². The van der Waals surface area contributed by atoms with Crippen molar-refractivity contribution in [1.29, 1.82) is 0 Å². The molecule has 2 aromatic rings. The van der Waals surface area contributed by atoms with Gasteiger partial charge in [-0.25, -0.2) is 8.42 Å². The number of para-hydroxylation sites is 2. The molecule has 152 valence electrons. The summed E-state index contributed by atoms with van der Waals surface area (Å²) in [5.41, 5.74) is 0.246. The van der Waals surface area contributed by atoms with Crippen molar-refractivity contribution in [3.63, 3.8) is 0 Å². The maximum atomic E-state index is 13.2. The summed E-state index contributed by atoms with van der Waals surface area (Å²) in [6.07, 6.45) is 0.137. The van der Waals surface area contributed by atoms with E-state index in [9.17, 15) is 18.0 Å². The zero-order valence-corrected chi connectivity index (χ0v) is 16.6. The first-order valence-electron chi connectivity index (χ1n) is 9.28. The van der Waals surface area contributed by atoms with Gasteiger partial charge in [0.25, 0.3) is 11.8 Å². The van der Waals surface area contributed by atoms with Crippen LogP contribution in [0.5, 0.6) is 11.5 Å². The molecule has 29 heavy (non-hydrogen) atoms. The molecule has 2 aromatic carbocycles. The zero-order chi connectivity index (χ0) is 20.6. The molecular weight excluding hydrogens is 396 g/mol. The highest BCUT2D eigenvalue weighted by molar-refractivity contribution is 7.89. The van der Waals surface area contributed by atoms with E-state index in [2.05, 4.69) is 5.32 Å². The molecule has 2 heterocycles. The number of benzene rings is 2. The largest absolute Gasteiger partial charge is 0.486 e. The molecule has 4 rings (SSSR count). The third kappa shape index (κ3) is 3.58. The Hall–Kier alpha value is -2.91. The van der Waals surface area contributed by atoms with Crippen LogP contribution >= 0.6 is 0 Å². The minimum Gasteiger partial charge on any atom is -0.486 e. The number of hydrogen-bond acceptors (Lipinski definition) is 6. The summed E-state index contributed by atoms with van der Waals surface area (Å²) in [6, 6.07) is 11.2. The van der Waals surface area contributed by atoms with Gasteiger partial charge in [-0.1, -0.05) is 19.1 Å². The molecule has 2 amide bonds. The standard InChI is InChI=1S/C20H20N2O6S/c1-2-9-22(11-13-12-27-17-5-3-4-6-18(17)28-13)29(25,26)14-7-8-15-16(10-14)20(24)21-19(15)23/h3-8,10,13H,2,9,11-12H2,1H3,(H,21,23,24). The Morgan fingerprint density at radius 2 is 1.79 bits per heavy atom. The van der Waals surface area contributed by atoms with Crippen LogP contribution in [-0.4, -0.2) is 50.3 Å². The average Bonchev–Trinajstić information content (AvgIpc) is 3.01. The summed E-state index contributed by atoms with van der Waals surface area (Å²) in [7, 11) is -3.90. The van der Waals surface area contributed by atoms with Gasteiger partial charge in [-0.3, -0.25) is 14.9 Å². The smallest absolute Gasteiger partial charge is 0.258 e. The van der Waals surface area contributed by atoms with Gasteiger partial charge in [0.05, 0.1) is 22.6 Å². The first-order valence-corrected chi connectivity index (χ1v) is 10.7. The van der Waals surface area contributed by atoms with E-state index in [1.54, 1.807) is 12.1 Å². The highest BCUT2D eigenvalue weighted by Gasteiger charge is 2.33. The third-order valence-corrected chi connectivity index (χ3v) is 6.65. The van der Waals surface area contributed by atoms with Crippen molar-refractivity contribution in [2.45, 2.75) is 24.3 Å². The maximum Gasteiger partial charge on any atom is 0.258 e. The first-order chi connectivity index (χ1) is 13.9. The lowest BCUT2D eigenvalue weighted by atomic mass is 10.1. The highest BCUT2D eigenvalue weighted by atomic mass is 32.2. The van der Waals surface area contributed by atoms with Crippen LogP contribution in [0.4, 0.5) is 0 Å². The normalized spacial score (nSPS) is 17.9. The Morgan fingerprint density at radius 1 is 1.07 bits per heavy atom. The quantitative estimate of drug-likeness (QED) is 0.721. The van der Waals surface area contributed by atoms with Gasteiger partial charge >= 0.3 is 0 Å². The fraction of sp³-hybridized carbons (Fsp3) is 0.300. The molecule has 0 aromatic heterocycles. The second-order valence-electron chi connectivity index (χ2n) is 6.85. The molecule has 0 bridgehead atoms. The maximum absolute atomic E-state index is 13.2. The zero-order valence-electron chi connectivity index (χ0n) is 15.8. The lowest BCUT2D eigenvalue weighted by Gasteiger charge is -2.30. The summed E-state index contributed by atoms with van der Waals surface area (Å²) >= 11 is 0. The molecular formula is C20H20N2O6S. The van der Waals surface area contributed by atoms with Crippen LogP contribution in [0.15, 0.2) is 47.4 Å². The molecule has 2 aliphatic rings. The van der Waals surface area contributed by atoms with Crippen LogP contribution in [0.2, 0.25) is 0 Å². The topological polar surface area (TPSA) is 102 Å². The number of carbonyl (C=O) groups is 2. The lowest BCUT2D eigenvalue weighted by Crippen LogP contribution is -2.44. The first kappa shape index (κ1) is 19.4. The van der Waals surface area contributed by atoms with Gasteiger partial charge in [-0.2, -0.15) is 4.31 Å². The molecule has 9 heteroatoms. The minimum atomic E-state index is -3.90. The number of fused-ring (bicyclic) bond motifs is 2. The average molecular weight is 416 g/mol. The molecule has 1 unspecified atom stereocenters. The van der Waals surface area contributed by atoms with Crippen LogP contribution in [0.1, 0.15) is 34.1 Å². The second kappa shape index (κ2) is 7.49. The van der Waals surface area contributed by atoms with Gasteiger partial charge in [0, 0.05) is 6.54 Å². The lowest BCUT2D eigenvalue weighted by molar-refractivity contribution is 0.0764. The minimum absolute atomic E-state index is 0.0355. The Balaban J connectivity index is 1.59. The molecule has 1 N–H and O–H groups in total. The van der Waals surface area contributed by atoms with E-state index in [0.29, 0.717) is 17.9 Å². The number of amides is 2. The number of ether oxygens (including phenoxy) is 2. The van der Waals surface area contributed by atoms with Gasteiger partial charge in [-0.15, -0.1) is 0 Å². The van der Waals surface area contributed by atoms with Gasteiger partial charge in [0.1, 0.15) is 12.7 Å². The molecule has 0 saturated carbocycles. The number of carbonyl (C=O) groups excluding carboxylic acids is 2. The molecule has 0 fully saturated rings. The summed E-state index contributed by atoms with van der Waals surface area (Å²) in [4.78, 5) is 23.6. The molecule has 0 aliphatic carbocycles. The SMILES string of the molecule is CCCN(CC1COc2ccccc2O1)S(=O)(=O)c1ccc2c(c1)C(=O)NC2=O. The summed E-state index contributed by atoms with van der Waals surface area (Å²) in [5.74, 6) is 0.0868.